The lowest BCUT2D eigenvalue weighted by Crippen LogP contribution is -2.38. The van der Waals surface area contributed by atoms with E-state index in [0.717, 1.165) is 50.5 Å². The predicted molar refractivity (Wildman–Crippen MR) is 87.0 cm³/mol. The van der Waals surface area contributed by atoms with Crippen LogP contribution in [0.5, 0.6) is 0 Å². The first-order valence-electron chi connectivity index (χ1n) is 8.14. The maximum absolute atomic E-state index is 12.1. The Labute approximate surface area is 136 Å². The first-order chi connectivity index (χ1) is 11.1. The molecule has 1 aliphatic rings. The average Bonchev–Trinajstić information content (AvgIpc) is 3.15. The SMILES string of the molecule is Cc1ccc(CN2CCC(CNC(=O)c3cncn3C)CC2)o1. The summed E-state index contributed by atoms with van der Waals surface area (Å²) < 4.78 is 7.38. The number of imidazole rings is 1. The van der Waals surface area contributed by atoms with Gasteiger partial charge >= 0.3 is 0 Å². The largest absolute Gasteiger partial charge is 0.465 e. The van der Waals surface area contributed by atoms with Crippen molar-refractivity contribution in [1.82, 2.24) is 19.8 Å². The van der Waals surface area contributed by atoms with Crippen LogP contribution in [-0.4, -0.2) is 40.0 Å². The van der Waals surface area contributed by atoms with E-state index in [1.807, 2.05) is 20.0 Å². The minimum Gasteiger partial charge on any atom is -0.465 e. The smallest absolute Gasteiger partial charge is 0.269 e. The lowest BCUT2D eigenvalue weighted by Gasteiger charge is -2.31. The lowest BCUT2D eigenvalue weighted by molar-refractivity contribution is 0.0926. The molecule has 0 bridgehead atoms. The highest BCUT2D eigenvalue weighted by molar-refractivity contribution is 5.92. The molecule has 124 valence electrons. The quantitative estimate of drug-likeness (QED) is 0.916. The van der Waals surface area contributed by atoms with E-state index in [-0.39, 0.29) is 5.91 Å². The predicted octanol–water partition coefficient (Wildman–Crippen LogP) is 1.96. The fourth-order valence-electron chi connectivity index (χ4n) is 3.04. The van der Waals surface area contributed by atoms with Crippen LogP contribution in [-0.2, 0) is 13.6 Å². The van der Waals surface area contributed by atoms with Crippen molar-refractivity contribution in [2.45, 2.75) is 26.3 Å². The number of carbonyl (C=O) groups is 1. The van der Waals surface area contributed by atoms with Gasteiger partial charge in [-0.1, -0.05) is 0 Å². The molecule has 1 saturated heterocycles. The maximum Gasteiger partial charge on any atom is 0.269 e. The Hall–Kier alpha value is -2.08. The van der Waals surface area contributed by atoms with Crippen LogP contribution >= 0.6 is 0 Å². The molecule has 0 radical (unpaired) electrons. The molecular formula is C17H24N4O2. The minimum atomic E-state index is -0.0431. The number of likely N-dealkylation sites (tertiary alicyclic amines) is 1. The van der Waals surface area contributed by atoms with Gasteiger partial charge in [-0.15, -0.1) is 0 Å². The zero-order valence-corrected chi connectivity index (χ0v) is 13.8. The number of aryl methyl sites for hydroxylation is 2. The molecule has 1 N–H and O–H groups in total. The molecule has 0 unspecified atom stereocenters. The van der Waals surface area contributed by atoms with Gasteiger partial charge in [-0.3, -0.25) is 9.69 Å². The minimum absolute atomic E-state index is 0.0431. The highest BCUT2D eigenvalue weighted by Crippen LogP contribution is 2.19. The van der Waals surface area contributed by atoms with E-state index in [4.69, 9.17) is 4.42 Å². The molecule has 3 rings (SSSR count). The number of nitrogens with zero attached hydrogens (tertiary/aromatic N) is 3. The molecule has 6 heteroatoms. The second kappa shape index (κ2) is 7.00. The van der Waals surface area contributed by atoms with Gasteiger partial charge in [0.15, 0.2) is 0 Å². The Balaban J connectivity index is 1.41. The van der Waals surface area contributed by atoms with E-state index in [1.54, 1.807) is 17.1 Å². The summed E-state index contributed by atoms with van der Waals surface area (Å²) in [5.41, 5.74) is 0.607. The summed E-state index contributed by atoms with van der Waals surface area (Å²) in [6.45, 7) is 5.68. The van der Waals surface area contributed by atoms with Crippen LogP contribution in [0.15, 0.2) is 29.1 Å². The lowest BCUT2D eigenvalue weighted by atomic mass is 9.96. The van der Waals surface area contributed by atoms with Crippen LogP contribution in [0.25, 0.3) is 0 Å². The van der Waals surface area contributed by atoms with Gasteiger partial charge < -0.3 is 14.3 Å². The number of carbonyl (C=O) groups excluding carboxylic acids is 1. The van der Waals surface area contributed by atoms with E-state index >= 15 is 0 Å². The van der Waals surface area contributed by atoms with E-state index in [9.17, 15) is 4.79 Å². The topological polar surface area (TPSA) is 63.3 Å². The van der Waals surface area contributed by atoms with Crippen molar-refractivity contribution < 1.29 is 9.21 Å². The van der Waals surface area contributed by atoms with Gasteiger partial charge in [0.05, 0.1) is 19.1 Å². The van der Waals surface area contributed by atoms with Gasteiger partial charge in [0.1, 0.15) is 17.2 Å². The second-order valence-corrected chi connectivity index (χ2v) is 6.33. The zero-order valence-electron chi connectivity index (χ0n) is 13.8. The number of furan rings is 1. The third kappa shape index (κ3) is 4.01. The van der Waals surface area contributed by atoms with Crippen LogP contribution < -0.4 is 5.32 Å². The number of hydrogen-bond donors (Lipinski definition) is 1. The molecule has 2 aromatic rings. The Morgan fingerprint density at radius 1 is 1.39 bits per heavy atom. The number of hydrogen-bond acceptors (Lipinski definition) is 4. The Morgan fingerprint density at radius 2 is 2.17 bits per heavy atom. The molecule has 0 aliphatic carbocycles. The third-order valence-corrected chi connectivity index (χ3v) is 4.48. The van der Waals surface area contributed by atoms with Crippen molar-refractivity contribution >= 4 is 5.91 Å². The average molecular weight is 316 g/mol. The second-order valence-electron chi connectivity index (χ2n) is 6.33. The summed E-state index contributed by atoms with van der Waals surface area (Å²) in [4.78, 5) is 18.5. The van der Waals surface area contributed by atoms with E-state index in [1.165, 1.54) is 0 Å². The van der Waals surface area contributed by atoms with Crippen molar-refractivity contribution in [3.63, 3.8) is 0 Å². The number of piperidine rings is 1. The van der Waals surface area contributed by atoms with Gasteiger partial charge in [-0.25, -0.2) is 4.98 Å². The molecule has 0 aromatic carbocycles. The molecule has 0 saturated carbocycles. The molecule has 1 aliphatic heterocycles. The molecule has 1 amide bonds. The van der Waals surface area contributed by atoms with Gasteiger partial charge in [0.2, 0.25) is 0 Å². The molecule has 1 fully saturated rings. The number of rotatable bonds is 5. The summed E-state index contributed by atoms with van der Waals surface area (Å²) in [5.74, 6) is 2.50. The van der Waals surface area contributed by atoms with Crippen molar-refractivity contribution in [2.24, 2.45) is 13.0 Å². The summed E-state index contributed by atoms with van der Waals surface area (Å²) >= 11 is 0. The van der Waals surface area contributed by atoms with E-state index in [0.29, 0.717) is 11.6 Å². The summed E-state index contributed by atoms with van der Waals surface area (Å²) in [7, 11) is 1.83. The van der Waals surface area contributed by atoms with Crippen molar-refractivity contribution in [1.29, 1.82) is 0 Å². The van der Waals surface area contributed by atoms with Gasteiger partial charge in [0, 0.05) is 13.6 Å². The first-order valence-corrected chi connectivity index (χ1v) is 8.14. The van der Waals surface area contributed by atoms with Crippen molar-refractivity contribution in [3.05, 3.63) is 41.9 Å². The fourth-order valence-corrected chi connectivity index (χ4v) is 3.04. The molecular weight excluding hydrogens is 292 g/mol. The first kappa shape index (κ1) is 15.8. The Bertz CT molecular complexity index is 653. The molecule has 3 heterocycles. The zero-order chi connectivity index (χ0) is 16.2. The monoisotopic (exact) mass is 316 g/mol. The molecule has 0 atom stereocenters. The highest BCUT2D eigenvalue weighted by atomic mass is 16.3. The number of aromatic nitrogens is 2. The van der Waals surface area contributed by atoms with Crippen molar-refractivity contribution in [3.8, 4) is 0 Å². The summed E-state index contributed by atoms with van der Waals surface area (Å²) in [6, 6.07) is 4.06. The fraction of sp³-hybridized carbons (Fsp3) is 0.529. The van der Waals surface area contributed by atoms with Crippen LogP contribution in [0.3, 0.4) is 0 Å². The Morgan fingerprint density at radius 3 is 2.78 bits per heavy atom. The van der Waals surface area contributed by atoms with Crippen LogP contribution in [0.1, 0.15) is 34.9 Å². The van der Waals surface area contributed by atoms with Gasteiger partial charge in [0.25, 0.3) is 5.91 Å². The van der Waals surface area contributed by atoms with Crippen molar-refractivity contribution in [2.75, 3.05) is 19.6 Å². The maximum atomic E-state index is 12.1. The number of nitrogens with one attached hydrogen (secondary N) is 1. The van der Waals surface area contributed by atoms with Crippen LogP contribution in [0.2, 0.25) is 0 Å². The highest BCUT2D eigenvalue weighted by Gasteiger charge is 2.21. The van der Waals surface area contributed by atoms with Crippen LogP contribution in [0, 0.1) is 12.8 Å². The van der Waals surface area contributed by atoms with E-state index in [2.05, 4.69) is 21.3 Å². The molecule has 2 aromatic heterocycles. The normalized spacial score (nSPS) is 16.6. The van der Waals surface area contributed by atoms with Gasteiger partial charge in [-0.05, 0) is 50.9 Å². The number of amides is 1. The van der Waals surface area contributed by atoms with Crippen LogP contribution in [0.4, 0.5) is 0 Å². The van der Waals surface area contributed by atoms with E-state index < -0.39 is 0 Å². The Kier molecular flexibility index (Phi) is 4.81. The molecule has 0 spiro atoms. The summed E-state index contributed by atoms with van der Waals surface area (Å²) in [5, 5.41) is 3.03. The molecule has 6 nitrogen and oxygen atoms in total. The molecule has 23 heavy (non-hydrogen) atoms. The summed E-state index contributed by atoms with van der Waals surface area (Å²) in [6.07, 6.45) is 5.45. The van der Waals surface area contributed by atoms with Gasteiger partial charge in [-0.2, -0.15) is 0 Å². The third-order valence-electron chi connectivity index (χ3n) is 4.48. The standard InChI is InChI=1S/C17H24N4O2/c1-13-3-4-15(23-13)11-21-7-5-14(6-8-21)9-19-17(22)16-10-18-12-20(16)2/h3-4,10,12,14H,5-9,11H2,1-2H3,(H,19,22).